The molecule has 8 heteroatoms. The highest BCUT2D eigenvalue weighted by atomic mass is 35.5. The molecule has 3 aromatic rings. The van der Waals surface area contributed by atoms with E-state index in [-0.39, 0.29) is 6.03 Å². The molecule has 0 spiro atoms. The van der Waals surface area contributed by atoms with Crippen LogP contribution in [0.3, 0.4) is 0 Å². The molecule has 2 aromatic carbocycles. The lowest BCUT2D eigenvalue weighted by Gasteiger charge is -2.35. The normalized spacial score (nSPS) is 13.9. The number of nitrogens with zero attached hydrogens (tertiary/aromatic N) is 4. The highest BCUT2D eigenvalue weighted by Crippen LogP contribution is 2.26. The van der Waals surface area contributed by atoms with Crippen LogP contribution in [0.25, 0.3) is 11.3 Å². The molecule has 4 rings (SSSR count). The molecule has 0 radical (unpaired) electrons. The summed E-state index contributed by atoms with van der Waals surface area (Å²) in [5, 5.41) is 12.6. The number of piperazine rings is 1. The molecular weight excluding hydrogens is 433 g/mol. The van der Waals surface area contributed by atoms with Crippen LogP contribution in [0.5, 0.6) is 0 Å². The minimum Gasteiger partial charge on any atom is -0.352 e. The second kappa shape index (κ2) is 9.54. The number of urea groups is 1. The predicted octanol–water partition coefficient (Wildman–Crippen LogP) is 5.37. The van der Waals surface area contributed by atoms with E-state index in [0.29, 0.717) is 41.9 Å². The minimum atomic E-state index is -0.180. The molecule has 0 bridgehead atoms. The molecule has 0 atom stereocenters. The molecule has 1 aliphatic heterocycles. The highest BCUT2D eigenvalue weighted by molar-refractivity contribution is 6.36. The zero-order chi connectivity index (χ0) is 21.8. The van der Waals surface area contributed by atoms with Gasteiger partial charge in [0.1, 0.15) is 0 Å². The van der Waals surface area contributed by atoms with Gasteiger partial charge in [-0.15, -0.1) is 10.2 Å². The summed E-state index contributed by atoms with van der Waals surface area (Å²) < 4.78 is 0. The van der Waals surface area contributed by atoms with E-state index < -0.39 is 0 Å². The van der Waals surface area contributed by atoms with Crippen LogP contribution in [-0.2, 0) is 6.42 Å². The maximum Gasteiger partial charge on any atom is 0.322 e. The largest absolute Gasteiger partial charge is 0.352 e. The van der Waals surface area contributed by atoms with Gasteiger partial charge in [-0.05, 0) is 42.3 Å². The van der Waals surface area contributed by atoms with E-state index in [4.69, 9.17) is 23.2 Å². The van der Waals surface area contributed by atoms with Gasteiger partial charge in [0.05, 0.1) is 16.4 Å². The Morgan fingerprint density at radius 2 is 1.71 bits per heavy atom. The van der Waals surface area contributed by atoms with E-state index in [1.807, 2.05) is 12.1 Å². The number of rotatable bonds is 4. The Hall–Kier alpha value is -2.83. The Morgan fingerprint density at radius 1 is 0.968 bits per heavy atom. The molecular formula is C23H23Cl2N5O. The summed E-state index contributed by atoms with van der Waals surface area (Å²) in [6.07, 6.45) is 1.02. The molecule has 2 amide bonds. The fourth-order valence-electron chi connectivity index (χ4n) is 3.48. The number of anilines is 2. The van der Waals surface area contributed by atoms with Crippen LogP contribution in [-0.4, -0.2) is 47.3 Å². The van der Waals surface area contributed by atoms with Gasteiger partial charge in [0, 0.05) is 36.8 Å². The number of hydrogen-bond acceptors (Lipinski definition) is 4. The first-order valence-electron chi connectivity index (χ1n) is 10.2. The van der Waals surface area contributed by atoms with Gasteiger partial charge in [-0.2, -0.15) is 0 Å². The van der Waals surface area contributed by atoms with Gasteiger partial charge in [-0.3, -0.25) is 0 Å². The number of carbonyl (C=O) groups excluding carboxylic acids is 1. The van der Waals surface area contributed by atoms with Gasteiger partial charge < -0.3 is 15.1 Å². The van der Waals surface area contributed by atoms with Crippen molar-refractivity contribution in [2.75, 3.05) is 36.4 Å². The second-order valence-corrected chi connectivity index (χ2v) is 8.20. The van der Waals surface area contributed by atoms with Crippen LogP contribution < -0.4 is 10.2 Å². The number of aromatic nitrogens is 2. The lowest BCUT2D eigenvalue weighted by atomic mass is 10.1. The molecule has 1 fully saturated rings. The predicted molar refractivity (Wildman–Crippen MR) is 126 cm³/mol. The van der Waals surface area contributed by atoms with Crippen molar-refractivity contribution in [1.29, 1.82) is 0 Å². The van der Waals surface area contributed by atoms with Crippen molar-refractivity contribution in [2.24, 2.45) is 0 Å². The molecule has 0 aliphatic carbocycles. The van der Waals surface area contributed by atoms with Crippen LogP contribution >= 0.6 is 23.2 Å². The van der Waals surface area contributed by atoms with Crippen LogP contribution in [0.2, 0.25) is 10.0 Å². The van der Waals surface area contributed by atoms with Crippen molar-refractivity contribution in [2.45, 2.75) is 13.3 Å². The van der Waals surface area contributed by atoms with Crippen LogP contribution in [0, 0.1) is 0 Å². The molecule has 160 valence electrons. The highest BCUT2D eigenvalue weighted by Gasteiger charge is 2.22. The first-order chi connectivity index (χ1) is 15.0. The molecule has 2 heterocycles. The Bertz CT molecular complexity index is 1050. The molecule has 0 saturated carbocycles. The SMILES string of the molecule is CCc1ccc(-c2ccc(N3CCN(C(=O)Nc4ccc(Cl)cc4Cl)CC3)nn2)cc1. The summed E-state index contributed by atoms with van der Waals surface area (Å²) in [5.41, 5.74) is 3.75. The molecule has 1 N–H and O–H groups in total. The van der Waals surface area contributed by atoms with Gasteiger partial charge in [0.15, 0.2) is 5.82 Å². The van der Waals surface area contributed by atoms with Gasteiger partial charge in [0.2, 0.25) is 0 Å². The van der Waals surface area contributed by atoms with Crippen LogP contribution in [0.15, 0.2) is 54.6 Å². The van der Waals surface area contributed by atoms with E-state index in [2.05, 4.69) is 51.6 Å². The Labute approximate surface area is 191 Å². The van der Waals surface area contributed by atoms with E-state index >= 15 is 0 Å². The van der Waals surface area contributed by atoms with E-state index in [9.17, 15) is 4.79 Å². The van der Waals surface area contributed by atoms with E-state index in [1.165, 1.54) is 5.56 Å². The summed E-state index contributed by atoms with van der Waals surface area (Å²) in [6.45, 7) is 4.67. The van der Waals surface area contributed by atoms with Crippen molar-refractivity contribution in [3.63, 3.8) is 0 Å². The number of amides is 2. The summed E-state index contributed by atoms with van der Waals surface area (Å²) in [6, 6.07) is 17.2. The molecule has 0 unspecified atom stereocenters. The Morgan fingerprint density at radius 3 is 2.32 bits per heavy atom. The quantitative estimate of drug-likeness (QED) is 0.574. The monoisotopic (exact) mass is 455 g/mol. The average molecular weight is 456 g/mol. The molecule has 31 heavy (non-hydrogen) atoms. The van der Waals surface area contributed by atoms with Crippen LogP contribution in [0.1, 0.15) is 12.5 Å². The number of hydrogen-bond donors (Lipinski definition) is 1. The van der Waals surface area contributed by atoms with E-state index in [0.717, 1.165) is 23.5 Å². The standard InChI is InChI=1S/C23H23Cl2N5O/c1-2-16-3-5-17(6-4-16)20-9-10-22(28-27-20)29-11-13-30(14-12-29)23(31)26-21-8-7-18(24)15-19(21)25/h3-10,15H,2,11-14H2,1H3,(H,26,31). The minimum absolute atomic E-state index is 0.180. The maximum absolute atomic E-state index is 12.6. The number of carbonyl (C=O) groups is 1. The second-order valence-electron chi connectivity index (χ2n) is 7.36. The third-order valence-corrected chi connectivity index (χ3v) is 5.92. The number of benzene rings is 2. The topological polar surface area (TPSA) is 61.4 Å². The molecule has 1 saturated heterocycles. The summed E-state index contributed by atoms with van der Waals surface area (Å²) in [5.74, 6) is 0.815. The number of aryl methyl sites for hydroxylation is 1. The summed E-state index contributed by atoms with van der Waals surface area (Å²) in [4.78, 5) is 16.5. The lowest BCUT2D eigenvalue weighted by molar-refractivity contribution is 0.208. The third kappa shape index (κ3) is 5.09. The van der Waals surface area contributed by atoms with Crippen molar-refractivity contribution in [3.8, 4) is 11.3 Å². The van der Waals surface area contributed by atoms with Crippen molar-refractivity contribution in [1.82, 2.24) is 15.1 Å². The zero-order valence-corrected chi connectivity index (χ0v) is 18.7. The smallest absolute Gasteiger partial charge is 0.322 e. The van der Waals surface area contributed by atoms with Crippen molar-refractivity contribution >= 4 is 40.7 Å². The molecule has 1 aliphatic rings. The number of nitrogens with one attached hydrogen (secondary N) is 1. The van der Waals surface area contributed by atoms with Gasteiger partial charge in [-0.25, -0.2) is 4.79 Å². The number of halogens is 2. The maximum atomic E-state index is 12.6. The van der Waals surface area contributed by atoms with Crippen LogP contribution in [0.4, 0.5) is 16.3 Å². The lowest BCUT2D eigenvalue weighted by Crippen LogP contribution is -2.50. The Balaban J connectivity index is 1.34. The first kappa shape index (κ1) is 21.4. The van der Waals surface area contributed by atoms with Crippen molar-refractivity contribution < 1.29 is 4.79 Å². The average Bonchev–Trinajstić information content (AvgIpc) is 2.81. The molecule has 1 aromatic heterocycles. The zero-order valence-electron chi connectivity index (χ0n) is 17.2. The fourth-order valence-corrected chi connectivity index (χ4v) is 3.94. The summed E-state index contributed by atoms with van der Waals surface area (Å²) in [7, 11) is 0. The Kier molecular flexibility index (Phi) is 6.59. The third-order valence-electron chi connectivity index (χ3n) is 5.37. The van der Waals surface area contributed by atoms with Gasteiger partial charge in [0.25, 0.3) is 0 Å². The van der Waals surface area contributed by atoms with Crippen molar-refractivity contribution in [3.05, 3.63) is 70.2 Å². The van der Waals surface area contributed by atoms with Gasteiger partial charge >= 0.3 is 6.03 Å². The van der Waals surface area contributed by atoms with E-state index in [1.54, 1.807) is 23.1 Å². The first-order valence-corrected chi connectivity index (χ1v) is 11.0. The summed E-state index contributed by atoms with van der Waals surface area (Å²) >= 11 is 12.1. The molecule has 6 nitrogen and oxygen atoms in total. The van der Waals surface area contributed by atoms with Gasteiger partial charge in [-0.1, -0.05) is 54.4 Å². The fraction of sp³-hybridized carbons (Fsp3) is 0.261.